The standard InChI is InChI=1S/C22H21NO5/c1-3-9-26-22(25)15-5-4-6-16(11-15)23-12-18-19(27-13-23)8-7-17-14(2)10-20(24)28-21(17)18/h4-8,10-11H,3,9,12-13H2,1-2H3. The van der Waals surface area contributed by atoms with Crippen molar-refractivity contribution in [3.63, 3.8) is 0 Å². The number of benzene rings is 2. The first-order valence-electron chi connectivity index (χ1n) is 9.28. The Morgan fingerprint density at radius 3 is 2.89 bits per heavy atom. The molecule has 1 aromatic heterocycles. The number of ether oxygens (including phenoxy) is 2. The van der Waals surface area contributed by atoms with Gasteiger partial charge in [-0.05, 0) is 49.2 Å². The van der Waals surface area contributed by atoms with Crippen LogP contribution in [0.1, 0.15) is 34.8 Å². The lowest BCUT2D eigenvalue weighted by molar-refractivity contribution is 0.0505. The highest BCUT2D eigenvalue weighted by molar-refractivity contribution is 5.90. The maximum absolute atomic E-state index is 12.2. The SMILES string of the molecule is CCCOC(=O)c1cccc(N2COc3ccc4c(C)cc(=O)oc4c3C2)c1. The van der Waals surface area contributed by atoms with E-state index in [0.717, 1.165) is 28.6 Å². The Bertz CT molecular complexity index is 1100. The summed E-state index contributed by atoms with van der Waals surface area (Å²) in [7, 11) is 0. The van der Waals surface area contributed by atoms with Gasteiger partial charge < -0.3 is 18.8 Å². The molecule has 0 saturated carbocycles. The monoisotopic (exact) mass is 379 g/mol. The third-order valence-electron chi connectivity index (χ3n) is 4.79. The maximum Gasteiger partial charge on any atom is 0.338 e. The van der Waals surface area contributed by atoms with Gasteiger partial charge in [-0.2, -0.15) is 0 Å². The quantitative estimate of drug-likeness (QED) is 0.504. The second-order valence-corrected chi connectivity index (χ2v) is 6.83. The first-order chi connectivity index (χ1) is 13.6. The van der Waals surface area contributed by atoms with Crippen LogP contribution < -0.4 is 15.3 Å². The molecule has 0 radical (unpaired) electrons. The van der Waals surface area contributed by atoms with Crippen molar-refractivity contribution in [3.8, 4) is 5.75 Å². The number of esters is 1. The van der Waals surface area contributed by atoms with Gasteiger partial charge in [0, 0.05) is 17.1 Å². The van der Waals surface area contributed by atoms with Crippen LogP contribution in [0.3, 0.4) is 0 Å². The minimum atomic E-state index is -0.379. The Kier molecular flexibility index (Phi) is 4.77. The average molecular weight is 379 g/mol. The summed E-state index contributed by atoms with van der Waals surface area (Å²) < 4.78 is 16.6. The van der Waals surface area contributed by atoms with E-state index in [2.05, 4.69) is 0 Å². The van der Waals surface area contributed by atoms with E-state index in [0.29, 0.717) is 36.8 Å². The van der Waals surface area contributed by atoms with E-state index < -0.39 is 0 Å². The molecule has 0 spiro atoms. The molecule has 0 aliphatic carbocycles. The van der Waals surface area contributed by atoms with Gasteiger partial charge in [0.05, 0.1) is 24.3 Å². The fourth-order valence-corrected chi connectivity index (χ4v) is 3.36. The normalized spacial score (nSPS) is 13.1. The van der Waals surface area contributed by atoms with E-state index in [-0.39, 0.29) is 11.6 Å². The number of hydrogen-bond donors (Lipinski definition) is 0. The Balaban J connectivity index is 1.68. The van der Waals surface area contributed by atoms with Crippen LogP contribution in [0.25, 0.3) is 11.0 Å². The zero-order valence-electron chi connectivity index (χ0n) is 15.9. The molecule has 6 heteroatoms. The van der Waals surface area contributed by atoms with Gasteiger partial charge in [-0.15, -0.1) is 0 Å². The van der Waals surface area contributed by atoms with E-state index >= 15 is 0 Å². The number of rotatable bonds is 4. The third kappa shape index (κ3) is 3.33. The van der Waals surface area contributed by atoms with Gasteiger partial charge in [0.1, 0.15) is 11.3 Å². The van der Waals surface area contributed by atoms with E-state index in [1.807, 2.05) is 43.0 Å². The minimum absolute atomic E-state index is 0.335. The van der Waals surface area contributed by atoms with Crippen LogP contribution in [0.15, 0.2) is 51.7 Å². The molecule has 4 rings (SSSR count). The second kappa shape index (κ2) is 7.38. The van der Waals surface area contributed by atoms with Crippen molar-refractivity contribution in [2.45, 2.75) is 26.8 Å². The summed E-state index contributed by atoms with van der Waals surface area (Å²) in [6.07, 6.45) is 0.778. The fraction of sp³-hybridized carbons (Fsp3) is 0.273. The molecule has 0 bridgehead atoms. The summed E-state index contributed by atoms with van der Waals surface area (Å²) >= 11 is 0. The lowest BCUT2D eigenvalue weighted by atomic mass is 10.0. The predicted octanol–water partition coefficient (Wildman–Crippen LogP) is 4.02. The number of carbonyl (C=O) groups excluding carboxylic acids is 1. The lowest BCUT2D eigenvalue weighted by Gasteiger charge is -2.31. The second-order valence-electron chi connectivity index (χ2n) is 6.83. The molecule has 0 N–H and O–H groups in total. The molecule has 2 heterocycles. The molecule has 0 saturated heterocycles. The van der Waals surface area contributed by atoms with Crippen LogP contribution in [-0.2, 0) is 11.3 Å². The average Bonchev–Trinajstić information content (AvgIpc) is 2.71. The van der Waals surface area contributed by atoms with Crippen molar-refractivity contribution in [3.05, 3.63) is 69.6 Å². The highest BCUT2D eigenvalue weighted by Crippen LogP contribution is 2.34. The topological polar surface area (TPSA) is 69.0 Å². The Hall–Kier alpha value is -3.28. The van der Waals surface area contributed by atoms with Crippen molar-refractivity contribution >= 4 is 22.6 Å². The smallest absolute Gasteiger partial charge is 0.338 e. The van der Waals surface area contributed by atoms with Crippen LogP contribution in [0.4, 0.5) is 5.69 Å². The molecule has 6 nitrogen and oxygen atoms in total. The minimum Gasteiger partial charge on any atom is -0.473 e. The maximum atomic E-state index is 12.2. The Morgan fingerprint density at radius 2 is 2.07 bits per heavy atom. The molecule has 2 aromatic carbocycles. The van der Waals surface area contributed by atoms with E-state index in [1.54, 1.807) is 12.1 Å². The van der Waals surface area contributed by atoms with Crippen LogP contribution in [0.2, 0.25) is 0 Å². The van der Waals surface area contributed by atoms with Gasteiger partial charge in [0.15, 0.2) is 6.73 Å². The molecule has 144 valence electrons. The highest BCUT2D eigenvalue weighted by Gasteiger charge is 2.23. The first-order valence-corrected chi connectivity index (χ1v) is 9.28. The summed E-state index contributed by atoms with van der Waals surface area (Å²) in [5, 5.41) is 0.890. The Morgan fingerprint density at radius 1 is 1.21 bits per heavy atom. The number of aryl methyl sites for hydroxylation is 1. The van der Waals surface area contributed by atoms with Crippen LogP contribution in [0.5, 0.6) is 5.75 Å². The molecule has 28 heavy (non-hydrogen) atoms. The van der Waals surface area contributed by atoms with E-state index in [9.17, 15) is 9.59 Å². The van der Waals surface area contributed by atoms with Crippen LogP contribution in [0, 0.1) is 6.92 Å². The van der Waals surface area contributed by atoms with Gasteiger partial charge in [-0.1, -0.05) is 13.0 Å². The lowest BCUT2D eigenvalue weighted by Crippen LogP contribution is -2.32. The van der Waals surface area contributed by atoms with Crippen molar-refractivity contribution in [1.29, 1.82) is 0 Å². The summed E-state index contributed by atoms with van der Waals surface area (Å²) in [5.74, 6) is 0.366. The number of anilines is 1. The molecular formula is C22H21NO5. The summed E-state index contributed by atoms with van der Waals surface area (Å²) in [6, 6.07) is 12.6. The third-order valence-corrected chi connectivity index (χ3v) is 4.79. The molecular weight excluding hydrogens is 358 g/mol. The molecule has 3 aromatic rings. The predicted molar refractivity (Wildman–Crippen MR) is 106 cm³/mol. The summed E-state index contributed by atoms with van der Waals surface area (Å²) in [4.78, 5) is 26.0. The van der Waals surface area contributed by atoms with Crippen LogP contribution in [-0.4, -0.2) is 19.3 Å². The molecule has 0 fully saturated rings. The summed E-state index contributed by atoms with van der Waals surface area (Å²) in [5.41, 5.74) is 3.19. The molecule has 0 amide bonds. The molecule has 0 atom stereocenters. The first kappa shape index (κ1) is 18.1. The van der Waals surface area contributed by atoms with Gasteiger partial charge in [-0.3, -0.25) is 0 Å². The highest BCUT2D eigenvalue weighted by atomic mass is 16.5. The van der Waals surface area contributed by atoms with Crippen molar-refractivity contribution < 1.29 is 18.7 Å². The van der Waals surface area contributed by atoms with Gasteiger partial charge >= 0.3 is 11.6 Å². The van der Waals surface area contributed by atoms with Crippen molar-refractivity contribution in [1.82, 2.24) is 0 Å². The number of fused-ring (bicyclic) bond motifs is 3. The van der Waals surface area contributed by atoms with Crippen LogP contribution >= 0.6 is 0 Å². The van der Waals surface area contributed by atoms with E-state index in [1.165, 1.54) is 6.07 Å². The zero-order valence-corrected chi connectivity index (χ0v) is 15.9. The largest absolute Gasteiger partial charge is 0.473 e. The van der Waals surface area contributed by atoms with Gasteiger partial charge in [0.2, 0.25) is 0 Å². The van der Waals surface area contributed by atoms with E-state index in [4.69, 9.17) is 13.9 Å². The Labute approximate surface area is 162 Å². The summed E-state index contributed by atoms with van der Waals surface area (Å²) in [6.45, 7) is 5.08. The number of nitrogens with zero attached hydrogens (tertiary/aromatic N) is 1. The fourth-order valence-electron chi connectivity index (χ4n) is 3.36. The molecule has 1 aliphatic rings. The van der Waals surface area contributed by atoms with Gasteiger partial charge in [0.25, 0.3) is 0 Å². The molecule has 1 aliphatic heterocycles. The number of hydrogen-bond acceptors (Lipinski definition) is 6. The van der Waals surface area contributed by atoms with Gasteiger partial charge in [-0.25, -0.2) is 9.59 Å². The molecule has 0 unspecified atom stereocenters. The zero-order chi connectivity index (χ0) is 19.7. The van der Waals surface area contributed by atoms with Crippen molar-refractivity contribution in [2.75, 3.05) is 18.2 Å². The van der Waals surface area contributed by atoms with Crippen molar-refractivity contribution in [2.24, 2.45) is 0 Å². The number of carbonyl (C=O) groups is 1.